The van der Waals surface area contributed by atoms with Crippen molar-refractivity contribution in [3.05, 3.63) is 46.4 Å². The molecule has 2 aliphatic heterocycles. The van der Waals surface area contributed by atoms with Crippen LogP contribution in [0.1, 0.15) is 31.9 Å². The third kappa shape index (κ3) is 3.00. The molecule has 0 radical (unpaired) electrons. The fourth-order valence-electron chi connectivity index (χ4n) is 3.80. The van der Waals surface area contributed by atoms with Crippen molar-refractivity contribution in [2.24, 2.45) is 0 Å². The Morgan fingerprint density at radius 3 is 2.74 bits per heavy atom. The minimum Gasteiger partial charge on any atom is -0.494 e. The first kappa shape index (κ1) is 18.0. The number of carbonyl (C=O) groups excluding carboxylic acids is 1. The molecular weight excluding hydrogens is 412 g/mol. The van der Waals surface area contributed by atoms with E-state index in [4.69, 9.17) is 14.2 Å². The molecule has 142 valence electrons. The number of anilines is 1. The molecule has 4 rings (SSSR count). The van der Waals surface area contributed by atoms with E-state index in [1.54, 1.807) is 12.0 Å². The molecule has 1 N–H and O–H groups in total. The van der Waals surface area contributed by atoms with Crippen LogP contribution >= 0.6 is 15.9 Å². The fourth-order valence-corrected chi connectivity index (χ4v) is 4.26. The molecule has 2 aliphatic rings. The van der Waals surface area contributed by atoms with Gasteiger partial charge in [-0.2, -0.15) is 0 Å². The van der Waals surface area contributed by atoms with E-state index in [0.717, 1.165) is 21.5 Å². The van der Waals surface area contributed by atoms with E-state index < -0.39 is 5.72 Å². The second kappa shape index (κ2) is 6.64. The molecule has 2 atom stereocenters. The maximum absolute atomic E-state index is 12.9. The topological polar surface area (TPSA) is 60.0 Å². The molecule has 1 fully saturated rings. The largest absolute Gasteiger partial charge is 0.494 e. The summed E-state index contributed by atoms with van der Waals surface area (Å²) < 4.78 is 18.3. The quantitative estimate of drug-likeness (QED) is 0.764. The van der Waals surface area contributed by atoms with Crippen LogP contribution in [0.25, 0.3) is 0 Å². The molecule has 2 amide bonds. The lowest BCUT2D eigenvalue weighted by atomic mass is 9.90. The Labute approximate surface area is 166 Å². The number of nitrogens with one attached hydrogen (secondary N) is 1. The number of hydrogen-bond donors (Lipinski definition) is 1. The third-order valence-corrected chi connectivity index (χ3v) is 5.39. The van der Waals surface area contributed by atoms with Gasteiger partial charge >= 0.3 is 6.03 Å². The summed E-state index contributed by atoms with van der Waals surface area (Å²) in [7, 11) is 1.61. The molecule has 0 saturated carbocycles. The Hall–Kier alpha value is -2.41. The van der Waals surface area contributed by atoms with Crippen molar-refractivity contribution in [3.8, 4) is 17.2 Å². The summed E-state index contributed by atoms with van der Waals surface area (Å²) in [5, 5.41) is 3.10. The van der Waals surface area contributed by atoms with Gasteiger partial charge in [0, 0.05) is 22.1 Å². The number of benzene rings is 2. The van der Waals surface area contributed by atoms with Crippen molar-refractivity contribution in [2.75, 3.05) is 18.6 Å². The molecule has 2 bridgehead atoms. The molecule has 0 aromatic heterocycles. The minimum atomic E-state index is -0.825. The van der Waals surface area contributed by atoms with Gasteiger partial charge in [0.2, 0.25) is 0 Å². The molecule has 7 heteroatoms. The minimum absolute atomic E-state index is 0.142. The van der Waals surface area contributed by atoms with Crippen LogP contribution in [0.4, 0.5) is 10.5 Å². The zero-order valence-corrected chi connectivity index (χ0v) is 17.0. The third-order valence-electron chi connectivity index (χ3n) is 4.93. The first-order chi connectivity index (χ1) is 12.9. The van der Waals surface area contributed by atoms with Gasteiger partial charge in [0.05, 0.1) is 19.8 Å². The summed E-state index contributed by atoms with van der Waals surface area (Å²) in [6, 6.07) is 11.0. The average Bonchev–Trinajstić information content (AvgIpc) is 2.63. The number of urea groups is 1. The van der Waals surface area contributed by atoms with Crippen molar-refractivity contribution in [1.82, 2.24) is 5.32 Å². The molecule has 27 heavy (non-hydrogen) atoms. The van der Waals surface area contributed by atoms with Crippen LogP contribution in [0.3, 0.4) is 0 Å². The zero-order valence-electron chi connectivity index (χ0n) is 15.4. The maximum atomic E-state index is 12.9. The molecule has 0 spiro atoms. The highest BCUT2D eigenvalue weighted by Crippen LogP contribution is 2.50. The number of halogens is 1. The first-order valence-electron chi connectivity index (χ1n) is 8.85. The summed E-state index contributed by atoms with van der Waals surface area (Å²) in [4.78, 5) is 14.6. The van der Waals surface area contributed by atoms with Gasteiger partial charge in [-0.15, -0.1) is 0 Å². The molecule has 2 unspecified atom stereocenters. The number of ether oxygens (including phenoxy) is 3. The second-order valence-corrected chi connectivity index (χ2v) is 7.69. The van der Waals surface area contributed by atoms with Crippen LogP contribution in [0.15, 0.2) is 40.9 Å². The van der Waals surface area contributed by atoms with Gasteiger partial charge in [0.15, 0.2) is 17.2 Å². The van der Waals surface area contributed by atoms with E-state index in [-0.39, 0.29) is 12.1 Å². The van der Waals surface area contributed by atoms with Gasteiger partial charge in [0.25, 0.3) is 0 Å². The monoisotopic (exact) mass is 432 g/mol. The summed E-state index contributed by atoms with van der Waals surface area (Å²) in [6.07, 6.45) is 0.624. The van der Waals surface area contributed by atoms with Gasteiger partial charge in [-0.3, -0.25) is 4.90 Å². The van der Waals surface area contributed by atoms with E-state index in [0.29, 0.717) is 24.5 Å². The SMILES string of the molecule is CCOc1ccc(N2C(=O)NC3CC2(C)Oc2c(OC)cc(Br)cc23)cc1. The zero-order chi connectivity index (χ0) is 19.2. The Bertz CT molecular complexity index is 886. The van der Waals surface area contributed by atoms with Crippen LogP contribution in [0.2, 0.25) is 0 Å². The van der Waals surface area contributed by atoms with Gasteiger partial charge in [-0.25, -0.2) is 4.79 Å². The summed E-state index contributed by atoms with van der Waals surface area (Å²) in [5.41, 5.74) is 0.837. The smallest absolute Gasteiger partial charge is 0.325 e. The number of rotatable bonds is 4. The van der Waals surface area contributed by atoms with E-state index in [9.17, 15) is 4.79 Å². The summed E-state index contributed by atoms with van der Waals surface area (Å²) in [5.74, 6) is 2.07. The number of amides is 2. The van der Waals surface area contributed by atoms with Crippen LogP contribution in [-0.4, -0.2) is 25.5 Å². The highest BCUT2D eigenvalue weighted by molar-refractivity contribution is 9.10. The first-order valence-corrected chi connectivity index (χ1v) is 9.64. The van der Waals surface area contributed by atoms with E-state index in [2.05, 4.69) is 21.2 Å². The second-order valence-electron chi connectivity index (χ2n) is 6.77. The maximum Gasteiger partial charge on any atom is 0.325 e. The predicted octanol–water partition coefficient (Wildman–Crippen LogP) is 4.63. The van der Waals surface area contributed by atoms with Crippen molar-refractivity contribution in [3.63, 3.8) is 0 Å². The van der Waals surface area contributed by atoms with Crippen LogP contribution in [-0.2, 0) is 0 Å². The molecule has 0 aliphatic carbocycles. The van der Waals surface area contributed by atoms with Gasteiger partial charge in [-0.05, 0) is 50.2 Å². The molecule has 1 saturated heterocycles. The molecular formula is C20H21BrN2O4. The predicted molar refractivity (Wildman–Crippen MR) is 106 cm³/mol. The van der Waals surface area contributed by atoms with E-state index in [1.807, 2.05) is 50.2 Å². The molecule has 2 aromatic carbocycles. The number of nitrogens with zero attached hydrogens (tertiary/aromatic N) is 1. The fraction of sp³-hybridized carbons (Fsp3) is 0.350. The van der Waals surface area contributed by atoms with Crippen LogP contribution < -0.4 is 24.4 Å². The summed E-state index contributed by atoms with van der Waals surface area (Å²) >= 11 is 3.50. The highest BCUT2D eigenvalue weighted by Gasteiger charge is 2.50. The average molecular weight is 433 g/mol. The van der Waals surface area contributed by atoms with Gasteiger partial charge in [-0.1, -0.05) is 15.9 Å². The lowest BCUT2D eigenvalue weighted by Gasteiger charge is -2.50. The lowest BCUT2D eigenvalue weighted by molar-refractivity contribution is 0.0349. The Kier molecular flexibility index (Phi) is 4.42. The Morgan fingerprint density at radius 1 is 1.33 bits per heavy atom. The Balaban J connectivity index is 1.75. The van der Waals surface area contributed by atoms with E-state index >= 15 is 0 Å². The molecule has 6 nitrogen and oxygen atoms in total. The number of carbonyl (C=O) groups is 1. The van der Waals surface area contributed by atoms with Gasteiger partial charge in [0.1, 0.15) is 5.75 Å². The lowest BCUT2D eigenvalue weighted by Crippen LogP contribution is -2.65. The normalized spacial score (nSPS) is 23.2. The van der Waals surface area contributed by atoms with Crippen molar-refractivity contribution >= 4 is 27.6 Å². The van der Waals surface area contributed by atoms with E-state index in [1.165, 1.54) is 0 Å². The number of methoxy groups -OCH3 is 1. The standard InChI is InChI=1S/C20H21BrN2O4/c1-4-26-14-7-5-13(6-8-14)23-19(24)22-16-11-20(23,2)27-18-15(16)9-12(21)10-17(18)25-3/h5-10,16H,4,11H2,1-3H3,(H,22,24). The van der Waals surface area contributed by atoms with Crippen molar-refractivity contribution in [1.29, 1.82) is 0 Å². The van der Waals surface area contributed by atoms with Crippen molar-refractivity contribution < 1.29 is 19.0 Å². The number of fused-ring (bicyclic) bond motifs is 4. The molecule has 2 aromatic rings. The Morgan fingerprint density at radius 2 is 2.07 bits per heavy atom. The number of hydrogen-bond acceptors (Lipinski definition) is 4. The summed E-state index contributed by atoms with van der Waals surface area (Å²) in [6.45, 7) is 4.46. The van der Waals surface area contributed by atoms with Crippen LogP contribution in [0.5, 0.6) is 17.2 Å². The van der Waals surface area contributed by atoms with Crippen molar-refractivity contribution in [2.45, 2.75) is 32.0 Å². The molecule has 2 heterocycles. The highest BCUT2D eigenvalue weighted by atomic mass is 79.9. The van der Waals surface area contributed by atoms with Crippen LogP contribution in [0, 0.1) is 0 Å². The van der Waals surface area contributed by atoms with Gasteiger partial charge < -0.3 is 19.5 Å².